The van der Waals surface area contributed by atoms with Crippen LogP contribution in [0.1, 0.15) is 59.3 Å². The predicted octanol–water partition coefficient (Wildman–Crippen LogP) is 3.38. The van der Waals surface area contributed by atoms with Crippen LogP contribution in [0.15, 0.2) is 0 Å². The molecule has 0 heterocycles. The van der Waals surface area contributed by atoms with Crippen molar-refractivity contribution in [3.63, 3.8) is 0 Å². The molecule has 0 spiro atoms. The van der Waals surface area contributed by atoms with Crippen LogP contribution in [0.2, 0.25) is 0 Å². The summed E-state index contributed by atoms with van der Waals surface area (Å²) in [7, 11) is -7.82. The van der Waals surface area contributed by atoms with Gasteiger partial charge in [0.15, 0.2) is 0 Å². The minimum atomic E-state index is -3.94. The molecule has 0 aliphatic rings. The van der Waals surface area contributed by atoms with Gasteiger partial charge in [0.1, 0.15) is 0 Å². The molecule has 146 valence electrons. The van der Waals surface area contributed by atoms with E-state index in [9.17, 15) is 9.13 Å². The maximum Gasteiger partial charge on any atom is 0.400 e. The Kier molecular flexibility index (Phi) is 11.6. The maximum atomic E-state index is 11.1. The number of hydrogen-bond acceptors (Lipinski definition) is 5. The molecule has 0 saturated heterocycles. The van der Waals surface area contributed by atoms with Gasteiger partial charge in [-0.05, 0) is 64.4 Å². The van der Waals surface area contributed by atoms with Gasteiger partial charge in [-0.25, -0.2) is 20.1 Å². The molecule has 11 heteroatoms. The van der Waals surface area contributed by atoms with Gasteiger partial charge >= 0.3 is 15.5 Å². The van der Waals surface area contributed by atoms with E-state index < -0.39 is 21.1 Å². The van der Waals surface area contributed by atoms with E-state index >= 15 is 0 Å². The monoisotopic (exact) mass is 406 g/mol. The van der Waals surface area contributed by atoms with Crippen LogP contribution in [0, 0.1) is 0 Å². The summed E-state index contributed by atoms with van der Waals surface area (Å²) in [5.41, 5.74) is 9.25. The zero-order valence-corrected chi connectivity index (χ0v) is 17.3. The third-order valence-electron chi connectivity index (χ3n) is 3.18. The molecule has 0 aromatic rings. The molecule has 3 unspecified atom stereocenters. The van der Waals surface area contributed by atoms with Gasteiger partial charge in [0.2, 0.25) is 0 Å². The highest BCUT2D eigenvalue weighted by Crippen LogP contribution is 2.39. The first-order chi connectivity index (χ1) is 10.8. The highest BCUT2D eigenvalue weighted by Gasteiger charge is 2.26. The Bertz CT molecular complexity index is 440. The van der Waals surface area contributed by atoms with E-state index in [1.54, 1.807) is 20.8 Å². The lowest BCUT2D eigenvalue weighted by molar-refractivity contribution is 0.0814. The van der Waals surface area contributed by atoms with E-state index in [4.69, 9.17) is 29.8 Å². The van der Waals surface area contributed by atoms with E-state index in [0.717, 1.165) is 37.2 Å². The third-order valence-corrected chi connectivity index (χ3v) is 5.75. The number of unbranched alkanes of at least 4 members (excludes halogenated alkanes) is 2. The fourth-order valence-electron chi connectivity index (χ4n) is 2.20. The highest BCUT2D eigenvalue weighted by atomic mass is 32.2. The van der Waals surface area contributed by atoms with E-state index in [1.807, 2.05) is 11.8 Å². The Morgan fingerprint density at radius 1 is 1.04 bits per heavy atom. The number of nitrogens with two attached hydrogens (primary N) is 2. The van der Waals surface area contributed by atoms with E-state index in [2.05, 4.69) is 0 Å². The molecule has 8 nitrogen and oxygen atoms in total. The standard InChI is InChI=1S/C13H32N2O6P2S/c1-12(20-22(14,16)17)8-4-6-10-24-11-7-5-9-13(2,3)21-23(15,18)19/h12H,4-11H2,1-3H3,(H3,14,16,17)(H3,15,18,19). The van der Waals surface area contributed by atoms with Gasteiger partial charge in [0.25, 0.3) is 0 Å². The van der Waals surface area contributed by atoms with E-state index in [0.29, 0.717) is 12.8 Å². The minimum Gasteiger partial charge on any atom is -0.313 e. The molecule has 0 saturated carbocycles. The maximum absolute atomic E-state index is 11.1. The summed E-state index contributed by atoms with van der Waals surface area (Å²) in [6, 6.07) is 0. The number of rotatable bonds is 14. The number of hydrogen-bond donors (Lipinski definition) is 4. The van der Waals surface area contributed by atoms with Crippen molar-refractivity contribution in [2.75, 3.05) is 11.5 Å². The highest BCUT2D eigenvalue weighted by molar-refractivity contribution is 7.99. The quantitative estimate of drug-likeness (QED) is 0.252. The van der Waals surface area contributed by atoms with Gasteiger partial charge in [-0.2, -0.15) is 11.8 Å². The molecule has 24 heavy (non-hydrogen) atoms. The zero-order valence-electron chi connectivity index (χ0n) is 14.7. The van der Waals surface area contributed by atoms with Crippen LogP contribution in [0.25, 0.3) is 0 Å². The van der Waals surface area contributed by atoms with Crippen LogP contribution in [0.3, 0.4) is 0 Å². The van der Waals surface area contributed by atoms with Crippen LogP contribution in [0.5, 0.6) is 0 Å². The molecule has 0 radical (unpaired) electrons. The summed E-state index contributed by atoms with van der Waals surface area (Å²) in [6.45, 7) is 5.25. The van der Waals surface area contributed by atoms with E-state index in [-0.39, 0.29) is 6.10 Å². The van der Waals surface area contributed by atoms with Crippen LogP contribution in [0.4, 0.5) is 0 Å². The average Bonchev–Trinajstić information content (AvgIpc) is 2.31. The molecule has 3 atom stereocenters. The first-order valence-electron chi connectivity index (χ1n) is 8.00. The fraction of sp³-hybridized carbons (Fsp3) is 1.00. The first-order valence-corrected chi connectivity index (χ1v) is 12.5. The fourth-order valence-corrected chi connectivity index (χ4v) is 4.64. The van der Waals surface area contributed by atoms with Crippen molar-refractivity contribution in [3.8, 4) is 0 Å². The van der Waals surface area contributed by atoms with Crippen molar-refractivity contribution >= 4 is 27.3 Å². The second kappa shape index (κ2) is 11.3. The van der Waals surface area contributed by atoms with Gasteiger partial charge in [0.05, 0.1) is 11.7 Å². The third kappa shape index (κ3) is 17.4. The van der Waals surface area contributed by atoms with Crippen molar-refractivity contribution in [2.45, 2.75) is 71.0 Å². The Morgan fingerprint density at radius 2 is 1.58 bits per heavy atom. The lowest BCUT2D eigenvalue weighted by Crippen LogP contribution is -2.24. The average molecular weight is 406 g/mol. The minimum absolute atomic E-state index is 0.317. The van der Waals surface area contributed by atoms with Crippen molar-refractivity contribution in [2.24, 2.45) is 11.0 Å². The molecular weight excluding hydrogens is 374 g/mol. The summed E-state index contributed by atoms with van der Waals surface area (Å²) in [5.74, 6) is 2.02. The second-order valence-electron chi connectivity index (χ2n) is 6.46. The van der Waals surface area contributed by atoms with Crippen LogP contribution in [-0.4, -0.2) is 33.0 Å². The Balaban J connectivity index is 3.55. The molecule has 0 aromatic carbocycles. The second-order valence-corrected chi connectivity index (χ2v) is 10.3. The molecule has 6 N–H and O–H groups in total. The van der Waals surface area contributed by atoms with Crippen LogP contribution >= 0.6 is 27.3 Å². The first kappa shape index (κ1) is 24.6. The topological polar surface area (TPSA) is 145 Å². The molecule has 0 rings (SSSR count). The van der Waals surface area contributed by atoms with Crippen LogP contribution in [-0.2, 0) is 18.2 Å². The summed E-state index contributed by atoms with van der Waals surface area (Å²) in [5, 5.41) is 0. The molecule has 0 aliphatic carbocycles. The number of thioether (sulfide) groups is 1. The summed E-state index contributed by atoms with van der Waals surface area (Å²) >= 11 is 1.84. The van der Waals surface area contributed by atoms with Gasteiger partial charge in [-0.1, -0.05) is 6.42 Å². The smallest absolute Gasteiger partial charge is 0.313 e. The van der Waals surface area contributed by atoms with Crippen LogP contribution < -0.4 is 11.0 Å². The molecule has 0 aromatic heterocycles. The summed E-state index contributed by atoms with van der Waals surface area (Å²) < 4.78 is 31.7. The molecule has 0 fully saturated rings. The largest absolute Gasteiger partial charge is 0.400 e. The van der Waals surface area contributed by atoms with Gasteiger partial charge in [-0.15, -0.1) is 0 Å². The van der Waals surface area contributed by atoms with Crippen molar-refractivity contribution in [1.29, 1.82) is 0 Å². The summed E-state index contributed by atoms with van der Waals surface area (Å²) in [6.07, 6.45) is 4.87. The summed E-state index contributed by atoms with van der Waals surface area (Å²) in [4.78, 5) is 17.9. The molecule has 0 aliphatic heterocycles. The van der Waals surface area contributed by atoms with Gasteiger partial charge < -0.3 is 9.79 Å². The Labute approximate surface area is 149 Å². The lowest BCUT2D eigenvalue weighted by atomic mass is 10.0. The Morgan fingerprint density at radius 3 is 2.08 bits per heavy atom. The van der Waals surface area contributed by atoms with Crippen molar-refractivity contribution < 1.29 is 28.0 Å². The molecular formula is C13H32N2O6P2S. The van der Waals surface area contributed by atoms with E-state index in [1.165, 1.54) is 0 Å². The van der Waals surface area contributed by atoms with Gasteiger partial charge in [0, 0.05) is 0 Å². The lowest BCUT2D eigenvalue weighted by Gasteiger charge is -2.25. The SMILES string of the molecule is CC(CCCCSCCCCC(C)(C)OP(N)(=O)O)OP(N)(=O)O. The zero-order chi connectivity index (χ0) is 18.9. The molecule has 0 bridgehead atoms. The Hall–Kier alpha value is 0.570. The predicted molar refractivity (Wildman–Crippen MR) is 98.8 cm³/mol. The van der Waals surface area contributed by atoms with Gasteiger partial charge in [-0.3, -0.25) is 9.05 Å². The normalized spacial score (nSPS) is 18.8. The molecule has 0 amide bonds. The van der Waals surface area contributed by atoms with Crippen molar-refractivity contribution in [3.05, 3.63) is 0 Å². The van der Waals surface area contributed by atoms with Crippen molar-refractivity contribution in [1.82, 2.24) is 0 Å².